The van der Waals surface area contributed by atoms with Crippen molar-refractivity contribution < 1.29 is 5.11 Å². The second-order valence-corrected chi connectivity index (χ2v) is 3.26. The molecular formula is C8H17N2O. The Hall–Kier alpha value is -0.120. The first-order valence-corrected chi connectivity index (χ1v) is 4.10. The molecule has 1 saturated heterocycles. The number of β-amino-alcohol motifs (C(OH)–C–C–N with tert-alkyl or cyclic N) is 1. The fourth-order valence-corrected chi connectivity index (χ4v) is 1.33. The first-order chi connectivity index (χ1) is 5.18. The van der Waals surface area contributed by atoms with E-state index < -0.39 is 6.10 Å². The summed E-state index contributed by atoms with van der Waals surface area (Å²) in [6.07, 6.45) is -0.432. The van der Waals surface area contributed by atoms with Crippen LogP contribution in [0, 0.1) is 6.92 Å². The van der Waals surface area contributed by atoms with E-state index >= 15 is 0 Å². The molecule has 0 aliphatic carbocycles. The third-order valence-corrected chi connectivity index (χ3v) is 2.06. The van der Waals surface area contributed by atoms with Crippen LogP contribution in [0.15, 0.2) is 0 Å². The predicted octanol–water partition coefficient (Wildman–Crippen LogP) is -0.571. The van der Waals surface area contributed by atoms with Gasteiger partial charge in [-0.25, -0.2) is 0 Å². The van der Waals surface area contributed by atoms with E-state index in [1.807, 2.05) is 0 Å². The van der Waals surface area contributed by atoms with Crippen molar-refractivity contribution in [2.45, 2.75) is 6.10 Å². The SMILES string of the molecule is [CH2][C@H](O)CN1CCN(C)CC1. The Morgan fingerprint density at radius 3 is 2.36 bits per heavy atom. The van der Waals surface area contributed by atoms with Gasteiger partial charge in [0.05, 0.1) is 6.10 Å². The highest BCUT2D eigenvalue weighted by atomic mass is 16.3. The van der Waals surface area contributed by atoms with Crippen LogP contribution in [0.25, 0.3) is 0 Å². The van der Waals surface area contributed by atoms with E-state index in [1.165, 1.54) is 0 Å². The summed E-state index contributed by atoms with van der Waals surface area (Å²) in [5.74, 6) is 0. The van der Waals surface area contributed by atoms with Crippen LogP contribution in [0.3, 0.4) is 0 Å². The van der Waals surface area contributed by atoms with Gasteiger partial charge in [0.1, 0.15) is 0 Å². The third-order valence-electron chi connectivity index (χ3n) is 2.06. The van der Waals surface area contributed by atoms with Gasteiger partial charge in [0.25, 0.3) is 0 Å². The molecule has 0 aromatic carbocycles. The summed E-state index contributed by atoms with van der Waals surface area (Å²) >= 11 is 0. The lowest BCUT2D eigenvalue weighted by atomic mass is 10.3. The maximum absolute atomic E-state index is 9.00. The minimum Gasteiger partial charge on any atom is -0.392 e. The average molecular weight is 157 g/mol. The molecule has 0 amide bonds. The van der Waals surface area contributed by atoms with Crippen LogP contribution in [0.5, 0.6) is 0 Å². The second-order valence-electron chi connectivity index (χ2n) is 3.26. The molecule has 0 aromatic rings. The number of rotatable bonds is 2. The molecule has 1 aliphatic heterocycles. The Labute approximate surface area is 68.6 Å². The van der Waals surface area contributed by atoms with Gasteiger partial charge in [0.2, 0.25) is 0 Å². The summed E-state index contributed by atoms with van der Waals surface area (Å²) in [6, 6.07) is 0. The molecule has 0 aromatic heterocycles. The van der Waals surface area contributed by atoms with E-state index in [1.54, 1.807) is 0 Å². The number of aliphatic hydroxyl groups excluding tert-OH is 1. The monoisotopic (exact) mass is 157 g/mol. The van der Waals surface area contributed by atoms with Gasteiger partial charge in [-0.3, -0.25) is 4.90 Å². The molecule has 65 valence electrons. The molecule has 1 radical (unpaired) electrons. The Morgan fingerprint density at radius 2 is 1.91 bits per heavy atom. The standard InChI is InChI=1S/C8H17N2O/c1-8(11)7-10-5-3-9(2)4-6-10/h8,11H,1,3-7H2,2H3/t8-/m0/s1. The topological polar surface area (TPSA) is 26.7 Å². The summed E-state index contributed by atoms with van der Waals surface area (Å²) in [5.41, 5.74) is 0. The summed E-state index contributed by atoms with van der Waals surface area (Å²) < 4.78 is 0. The van der Waals surface area contributed by atoms with E-state index in [-0.39, 0.29) is 0 Å². The van der Waals surface area contributed by atoms with E-state index in [0.717, 1.165) is 26.2 Å². The van der Waals surface area contributed by atoms with Crippen LogP contribution >= 0.6 is 0 Å². The van der Waals surface area contributed by atoms with Crippen LogP contribution in [-0.4, -0.2) is 60.8 Å². The summed E-state index contributed by atoms with van der Waals surface area (Å²) in [4.78, 5) is 4.55. The van der Waals surface area contributed by atoms with Crippen LogP contribution in [0.4, 0.5) is 0 Å². The highest BCUT2D eigenvalue weighted by Gasteiger charge is 2.14. The van der Waals surface area contributed by atoms with E-state index in [0.29, 0.717) is 6.54 Å². The number of piperazine rings is 1. The average Bonchev–Trinajstić information content (AvgIpc) is 1.93. The van der Waals surface area contributed by atoms with Crippen molar-refractivity contribution in [2.24, 2.45) is 0 Å². The van der Waals surface area contributed by atoms with E-state index in [9.17, 15) is 0 Å². The van der Waals surface area contributed by atoms with E-state index in [4.69, 9.17) is 5.11 Å². The minimum atomic E-state index is -0.432. The van der Waals surface area contributed by atoms with Gasteiger partial charge in [0, 0.05) is 32.7 Å². The van der Waals surface area contributed by atoms with Gasteiger partial charge in [-0.15, -0.1) is 0 Å². The molecule has 1 fully saturated rings. The zero-order chi connectivity index (χ0) is 8.27. The normalized spacial score (nSPS) is 25.4. The van der Waals surface area contributed by atoms with Crippen molar-refractivity contribution >= 4 is 0 Å². The molecule has 1 atom stereocenters. The Morgan fingerprint density at radius 1 is 1.36 bits per heavy atom. The van der Waals surface area contributed by atoms with Gasteiger partial charge in [0.15, 0.2) is 0 Å². The number of likely N-dealkylation sites (N-methyl/N-ethyl adjacent to an activating group) is 1. The number of aliphatic hydroxyl groups is 1. The summed E-state index contributed by atoms with van der Waals surface area (Å²) in [6.45, 7) is 8.59. The zero-order valence-electron chi connectivity index (χ0n) is 7.16. The molecule has 1 heterocycles. The fourth-order valence-electron chi connectivity index (χ4n) is 1.33. The lowest BCUT2D eigenvalue weighted by Gasteiger charge is -2.32. The highest BCUT2D eigenvalue weighted by Crippen LogP contribution is 1.99. The van der Waals surface area contributed by atoms with Crippen LogP contribution in [0.1, 0.15) is 0 Å². The number of hydrogen-bond donors (Lipinski definition) is 1. The molecule has 0 unspecified atom stereocenters. The smallest absolute Gasteiger partial charge is 0.0668 e. The second kappa shape index (κ2) is 4.04. The third kappa shape index (κ3) is 3.18. The molecule has 0 spiro atoms. The zero-order valence-corrected chi connectivity index (χ0v) is 7.16. The molecule has 3 nitrogen and oxygen atoms in total. The van der Waals surface area contributed by atoms with Gasteiger partial charge in [-0.05, 0) is 14.0 Å². The highest BCUT2D eigenvalue weighted by molar-refractivity contribution is 4.72. The van der Waals surface area contributed by atoms with Gasteiger partial charge in [-0.2, -0.15) is 0 Å². The minimum absolute atomic E-state index is 0.432. The molecule has 3 heteroatoms. The molecule has 0 bridgehead atoms. The summed E-state index contributed by atoms with van der Waals surface area (Å²) in [5, 5.41) is 9.00. The van der Waals surface area contributed by atoms with E-state index in [2.05, 4.69) is 23.8 Å². The number of nitrogens with zero attached hydrogens (tertiary/aromatic N) is 2. The lowest BCUT2D eigenvalue weighted by molar-refractivity contribution is 0.101. The largest absolute Gasteiger partial charge is 0.392 e. The van der Waals surface area contributed by atoms with Crippen molar-refractivity contribution in [3.05, 3.63) is 6.92 Å². The van der Waals surface area contributed by atoms with Crippen molar-refractivity contribution in [2.75, 3.05) is 39.8 Å². The Kier molecular flexibility index (Phi) is 3.30. The number of hydrogen-bond acceptors (Lipinski definition) is 3. The van der Waals surface area contributed by atoms with Gasteiger partial charge in [-0.1, -0.05) is 0 Å². The molecule has 11 heavy (non-hydrogen) atoms. The molecule has 1 N–H and O–H groups in total. The van der Waals surface area contributed by atoms with Crippen molar-refractivity contribution in [1.29, 1.82) is 0 Å². The van der Waals surface area contributed by atoms with Crippen LogP contribution in [0.2, 0.25) is 0 Å². The predicted molar refractivity (Wildman–Crippen MR) is 45.3 cm³/mol. The Bertz CT molecular complexity index is 109. The van der Waals surface area contributed by atoms with Crippen molar-refractivity contribution in [3.8, 4) is 0 Å². The maximum Gasteiger partial charge on any atom is 0.0668 e. The fraction of sp³-hybridized carbons (Fsp3) is 0.875. The van der Waals surface area contributed by atoms with Crippen LogP contribution < -0.4 is 0 Å². The van der Waals surface area contributed by atoms with Crippen LogP contribution in [-0.2, 0) is 0 Å². The quantitative estimate of drug-likeness (QED) is 0.581. The molecule has 0 saturated carbocycles. The Balaban J connectivity index is 2.17. The summed E-state index contributed by atoms with van der Waals surface area (Å²) in [7, 11) is 2.12. The molecular weight excluding hydrogens is 140 g/mol. The van der Waals surface area contributed by atoms with Gasteiger partial charge < -0.3 is 10.0 Å². The van der Waals surface area contributed by atoms with Crippen molar-refractivity contribution in [3.63, 3.8) is 0 Å². The lowest BCUT2D eigenvalue weighted by Crippen LogP contribution is -2.46. The first kappa shape index (κ1) is 8.97. The van der Waals surface area contributed by atoms with Gasteiger partial charge >= 0.3 is 0 Å². The maximum atomic E-state index is 9.00. The molecule has 1 rings (SSSR count). The molecule has 1 aliphatic rings. The van der Waals surface area contributed by atoms with Crippen molar-refractivity contribution in [1.82, 2.24) is 9.80 Å². The first-order valence-electron chi connectivity index (χ1n) is 4.10.